The van der Waals surface area contributed by atoms with Crippen molar-refractivity contribution in [3.63, 3.8) is 0 Å². The molecule has 22 heavy (non-hydrogen) atoms. The molecule has 2 aromatic rings. The van der Waals surface area contributed by atoms with Crippen LogP contribution in [0.25, 0.3) is 0 Å². The van der Waals surface area contributed by atoms with Crippen LogP contribution in [0.5, 0.6) is 0 Å². The summed E-state index contributed by atoms with van der Waals surface area (Å²) >= 11 is 1.59. The van der Waals surface area contributed by atoms with E-state index in [1.54, 1.807) is 17.8 Å². The van der Waals surface area contributed by atoms with Gasteiger partial charge < -0.3 is 4.90 Å². The van der Waals surface area contributed by atoms with Gasteiger partial charge in [0.2, 0.25) is 5.91 Å². The largest absolute Gasteiger partial charge is 0.325 e. The molecule has 1 heterocycles. The van der Waals surface area contributed by atoms with Crippen LogP contribution in [0.15, 0.2) is 54.6 Å². The van der Waals surface area contributed by atoms with Gasteiger partial charge in [-0.25, -0.2) is 4.39 Å². The van der Waals surface area contributed by atoms with E-state index in [4.69, 9.17) is 0 Å². The number of carbonyl (C=O) groups excluding carboxylic acids is 1. The Balaban J connectivity index is 1.78. The van der Waals surface area contributed by atoms with Crippen LogP contribution in [0.3, 0.4) is 0 Å². The van der Waals surface area contributed by atoms with Crippen molar-refractivity contribution >= 4 is 17.7 Å². The summed E-state index contributed by atoms with van der Waals surface area (Å²) in [5.74, 6) is -0.122. The van der Waals surface area contributed by atoms with Crippen molar-refractivity contribution in [1.82, 2.24) is 4.90 Å². The van der Waals surface area contributed by atoms with E-state index in [0.717, 1.165) is 12.0 Å². The normalized spacial score (nSPS) is 21.4. The zero-order valence-corrected chi connectivity index (χ0v) is 13.2. The highest BCUT2D eigenvalue weighted by Gasteiger charge is 2.38. The Morgan fingerprint density at radius 2 is 1.91 bits per heavy atom. The molecule has 0 aliphatic carbocycles. The van der Waals surface area contributed by atoms with Crippen molar-refractivity contribution in [2.75, 3.05) is 6.54 Å². The number of halogens is 1. The Hall–Kier alpha value is -1.81. The summed E-state index contributed by atoms with van der Waals surface area (Å²) in [5.41, 5.74) is 2.06. The number of benzene rings is 2. The Morgan fingerprint density at radius 1 is 1.14 bits per heavy atom. The SMILES string of the molecule is CC1SC(c2cccc(F)c2)N(CCc2ccccc2)C1=O. The molecule has 1 aliphatic heterocycles. The fourth-order valence-electron chi connectivity index (χ4n) is 2.71. The molecule has 1 amide bonds. The molecule has 0 spiro atoms. The smallest absolute Gasteiger partial charge is 0.236 e. The second kappa shape index (κ2) is 6.53. The van der Waals surface area contributed by atoms with E-state index in [9.17, 15) is 9.18 Å². The zero-order valence-electron chi connectivity index (χ0n) is 12.4. The van der Waals surface area contributed by atoms with E-state index in [2.05, 4.69) is 12.1 Å². The van der Waals surface area contributed by atoms with Gasteiger partial charge in [-0.1, -0.05) is 42.5 Å². The molecule has 2 unspecified atom stereocenters. The Morgan fingerprint density at radius 3 is 2.64 bits per heavy atom. The maximum absolute atomic E-state index is 13.5. The zero-order chi connectivity index (χ0) is 15.5. The fourth-order valence-corrected chi connectivity index (χ4v) is 4.01. The average molecular weight is 315 g/mol. The van der Waals surface area contributed by atoms with Crippen LogP contribution in [0, 0.1) is 5.82 Å². The van der Waals surface area contributed by atoms with Gasteiger partial charge in [0.25, 0.3) is 0 Å². The number of hydrogen-bond donors (Lipinski definition) is 0. The summed E-state index contributed by atoms with van der Waals surface area (Å²) < 4.78 is 13.5. The Bertz CT molecular complexity index is 661. The third-order valence-electron chi connectivity index (χ3n) is 3.86. The van der Waals surface area contributed by atoms with Crippen molar-refractivity contribution in [2.24, 2.45) is 0 Å². The van der Waals surface area contributed by atoms with Gasteiger partial charge in [-0.05, 0) is 36.6 Å². The van der Waals surface area contributed by atoms with Gasteiger partial charge in [-0.15, -0.1) is 11.8 Å². The summed E-state index contributed by atoms with van der Waals surface area (Å²) in [4.78, 5) is 14.3. The molecule has 1 fully saturated rings. The molecule has 0 saturated carbocycles. The summed E-state index contributed by atoms with van der Waals surface area (Å²) in [6.07, 6.45) is 0.811. The highest BCUT2D eigenvalue weighted by Crippen LogP contribution is 2.42. The van der Waals surface area contributed by atoms with Gasteiger partial charge in [0, 0.05) is 6.54 Å². The first-order chi connectivity index (χ1) is 10.6. The third kappa shape index (κ3) is 3.17. The van der Waals surface area contributed by atoms with E-state index < -0.39 is 0 Å². The molecule has 114 valence electrons. The van der Waals surface area contributed by atoms with E-state index >= 15 is 0 Å². The number of thioether (sulfide) groups is 1. The third-order valence-corrected chi connectivity index (χ3v) is 5.26. The molecule has 1 aliphatic rings. The highest BCUT2D eigenvalue weighted by molar-refractivity contribution is 8.01. The van der Waals surface area contributed by atoms with E-state index in [1.165, 1.54) is 17.7 Å². The lowest BCUT2D eigenvalue weighted by Crippen LogP contribution is -2.32. The van der Waals surface area contributed by atoms with Crippen LogP contribution >= 0.6 is 11.8 Å². The van der Waals surface area contributed by atoms with Crippen molar-refractivity contribution in [3.8, 4) is 0 Å². The molecule has 2 atom stereocenters. The van der Waals surface area contributed by atoms with Crippen LogP contribution in [-0.4, -0.2) is 22.6 Å². The predicted molar refractivity (Wildman–Crippen MR) is 88.1 cm³/mol. The van der Waals surface area contributed by atoms with E-state index in [-0.39, 0.29) is 22.3 Å². The van der Waals surface area contributed by atoms with Gasteiger partial charge in [0.1, 0.15) is 11.2 Å². The van der Waals surface area contributed by atoms with Crippen LogP contribution in [0.4, 0.5) is 4.39 Å². The predicted octanol–water partition coefficient (Wildman–Crippen LogP) is 4.03. The number of hydrogen-bond acceptors (Lipinski definition) is 2. The van der Waals surface area contributed by atoms with Crippen LogP contribution in [0.2, 0.25) is 0 Å². The van der Waals surface area contributed by atoms with Crippen molar-refractivity contribution < 1.29 is 9.18 Å². The van der Waals surface area contributed by atoms with Gasteiger partial charge in [0.05, 0.1) is 5.25 Å². The molecule has 0 bridgehead atoms. The summed E-state index contributed by atoms with van der Waals surface area (Å²) in [6.45, 7) is 2.57. The molecule has 3 rings (SSSR count). The lowest BCUT2D eigenvalue weighted by Gasteiger charge is -2.24. The minimum atomic E-state index is -0.256. The maximum Gasteiger partial charge on any atom is 0.236 e. The van der Waals surface area contributed by atoms with Crippen LogP contribution in [0.1, 0.15) is 23.4 Å². The second-order valence-corrected chi connectivity index (χ2v) is 6.88. The summed E-state index contributed by atoms with van der Waals surface area (Å²) in [7, 11) is 0. The first-order valence-electron chi connectivity index (χ1n) is 7.40. The molecule has 0 N–H and O–H groups in total. The number of amides is 1. The Kier molecular flexibility index (Phi) is 4.48. The van der Waals surface area contributed by atoms with Gasteiger partial charge in [-0.3, -0.25) is 4.79 Å². The lowest BCUT2D eigenvalue weighted by atomic mass is 10.1. The topological polar surface area (TPSA) is 20.3 Å². The quantitative estimate of drug-likeness (QED) is 0.849. The van der Waals surface area contributed by atoms with Crippen molar-refractivity contribution in [1.29, 1.82) is 0 Å². The summed E-state index contributed by atoms with van der Waals surface area (Å²) in [5, 5.41) is -0.175. The molecule has 0 aromatic heterocycles. The number of rotatable bonds is 4. The van der Waals surface area contributed by atoms with Crippen molar-refractivity contribution in [2.45, 2.75) is 24.0 Å². The lowest BCUT2D eigenvalue weighted by molar-refractivity contribution is -0.129. The highest BCUT2D eigenvalue weighted by atomic mass is 32.2. The summed E-state index contributed by atoms with van der Waals surface area (Å²) in [6, 6.07) is 16.7. The van der Waals surface area contributed by atoms with Gasteiger partial charge >= 0.3 is 0 Å². The standard InChI is InChI=1S/C18H18FNOS/c1-13-17(21)20(11-10-14-6-3-2-4-7-14)18(22-13)15-8-5-9-16(19)12-15/h2-9,12-13,18H,10-11H2,1H3. The minimum Gasteiger partial charge on any atom is -0.325 e. The molecule has 2 nitrogen and oxygen atoms in total. The van der Waals surface area contributed by atoms with Gasteiger partial charge in [-0.2, -0.15) is 0 Å². The maximum atomic E-state index is 13.5. The molecular weight excluding hydrogens is 297 g/mol. The molecular formula is C18H18FNOS. The van der Waals surface area contributed by atoms with Crippen LogP contribution in [-0.2, 0) is 11.2 Å². The number of nitrogens with zero attached hydrogens (tertiary/aromatic N) is 1. The fraction of sp³-hybridized carbons (Fsp3) is 0.278. The van der Waals surface area contributed by atoms with Crippen LogP contribution < -0.4 is 0 Å². The monoisotopic (exact) mass is 315 g/mol. The molecule has 1 saturated heterocycles. The van der Waals surface area contributed by atoms with Gasteiger partial charge in [0.15, 0.2) is 0 Å². The first kappa shape index (κ1) is 15.1. The number of carbonyl (C=O) groups is 1. The van der Waals surface area contributed by atoms with E-state index in [0.29, 0.717) is 6.54 Å². The minimum absolute atomic E-state index is 0.0796. The van der Waals surface area contributed by atoms with E-state index in [1.807, 2.05) is 36.1 Å². The van der Waals surface area contributed by atoms with Crippen molar-refractivity contribution in [3.05, 3.63) is 71.5 Å². The molecule has 4 heteroatoms. The average Bonchev–Trinajstić information content (AvgIpc) is 2.82. The first-order valence-corrected chi connectivity index (χ1v) is 8.35. The Labute approximate surface area is 134 Å². The second-order valence-electron chi connectivity index (χ2n) is 5.45. The molecule has 0 radical (unpaired) electrons. The molecule has 2 aromatic carbocycles.